The maximum absolute atomic E-state index is 12.4. The van der Waals surface area contributed by atoms with Crippen LogP contribution in [0.15, 0.2) is 47.3 Å². The van der Waals surface area contributed by atoms with E-state index >= 15 is 0 Å². The summed E-state index contributed by atoms with van der Waals surface area (Å²) < 4.78 is 5.03. The fourth-order valence-electron chi connectivity index (χ4n) is 3.65. The van der Waals surface area contributed by atoms with Crippen molar-refractivity contribution in [3.05, 3.63) is 59.5 Å². The van der Waals surface area contributed by atoms with Gasteiger partial charge < -0.3 is 14.6 Å². The monoisotopic (exact) mass is 340 g/mol. The van der Waals surface area contributed by atoms with Gasteiger partial charge in [0.1, 0.15) is 6.26 Å². The first-order valence-electron chi connectivity index (χ1n) is 9.19. The van der Waals surface area contributed by atoms with Gasteiger partial charge in [-0.2, -0.15) is 0 Å². The van der Waals surface area contributed by atoms with Crippen LogP contribution >= 0.6 is 0 Å². The molecule has 25 heavy (non-hydrogen) atoms. The molecule has 2 heterocycles. The molecular weight excluding hydrogens is 312 g/mol. The summed E-state index contributed by atoms with van der Waals surface area (Å²) in [5, 5.41) is 3.85. The van der Waals surface area contributed by atoms with Gasteiger partial charge in [0.25, 0.3) is 5.91 Å². The molecule has 0 radical (unpaired) electrons. The molecule has 4 nitrogen and oxygen atoms in total. The largest absolute Gasteiger partial charge is 0.472 e. The Balaban J connectivity index is 1.60. The Kier molecular flexibility index (Phi) is 5.59. The Hall–Kier alpha value is -2.07. The number of piperidine rings is 1. The average Bonchev–Trinajstić information content (AvgIpc) is 3.15. The second-order valence-electron chi connectivity index (χ2n) is 7.32. The summed E-state index contributed by atoms with van der Waals surface area (Å²) in [4.78, 5) is 14.3. The third-order valence-corrected chi connectivity index (χ3v) is 5.16. The van der Waals surface area contributed by atoms with Crippen LogP contribution in [0.25, 0.3) is 0 Å². The summed E-state index contributed by atoms with van der Waals surface area (Å²) in [6, 6.07) is 11.1. The van der Waals surface area contributed by atoms with Gasteiger partial charge in [-0.1, -0.05) is 38.1 Å². The molecule has 0 aliphatic carbocycles. The molecule has 0 bridgehead atoms. The Morgan fingerprint density at radius 3 is 2.52 bits per heavy atom. The lowest BCUT2D eigenvalue weighted by atomic mass is 9.91. The average molecular weight is 340 g/mol. The summed E-state index contributed by atoms with van der Waals surface area (Å²) in [6.45, 7) is 8.29. The number of likely N-dealkylation sites (tertiary alicyclic amines) is 1. The summed E-state index contributed by atoms with van der Waals surface area (Å²) in [7, 11) is 0. The second kappa shape index (κ2) is 7.87. The molecule has 1 N–H and O–H groups in total. The van der Waals surface area contributed by atoms with E-state index in [9.17, 15) is 4.79 Å². The number of carbonyl (C=O) groups excluding carboxylic acids is 1. The predicted molar refractivity (Wildman–Crippen MR) is 99.5 cm³/mol. The normalized spacial score (nSPS) is 17.0. The van der Waals surface area contributed by atoms with Crippen LogP contribution in [0, 0.1) is 12.8 Å². The third kappa shape index (κ3) is 4.13. The predicted octanol–water partition coefficient (Wildman–Crippen LogP) is 4.18. The van der Waals surface area contributed by atoms with Crippen molar-refractivity contribution in [3.8, 4) is 0 Å². The van der Waals surface area contributed by atoms with Gasteiger partial charge in [-0.05, 0) is 42.9 Å². The summed E-state index contributed by atoms with van der Waals surface area (Å²) in [6.07, 6.45) is 5.05. The van der Waals surface area contributed by atoms with Gasteiger partial charge in [-0.3, -0.25) is 4.79 Å². The number of amides is 1. The van der Waals surface area contributed by atoms with Crippen LogP contribution in [0.1, 0.15) is 54.2 Å². The maximum atomic E-state index is 12.4. The number of aryl methyl sites for hydroxylation is 1. The fourth-order valence-corrected chi connectivity index (χ4v) is 3.65. The van der Waals surface area contributed by atoms with E-state index in [1.807, 2.05) is 4.90 Å². The zero-order chi connectivity index (χ0) is 17.8. The standard InChI is InChI=1S/C21H28N2O2/c1-15(2)20(19-7-5-4-6-16(19)3)22-18-8-11-23(12-9-18)21(24)17-10-13-25-14-17/h4-7,10,13-15,18,20,22H,8-9,11-12H2,1-3H3/t20-/m1/s1. The number of hydrogen-bond donors (Lipinski definition) is 1. The summed E-state index contributed by atoms with van der Waals surface area (Å²) in [5.41, 5.74) is 3.36. The van der Waals surface area contributed by atoms with Crippen LogP contribution in [-0.4, -0.2) is 29.9 Å². The number of hydrogen-bond acceptors (Lipinski definition) is 3. The molecule has 0 unspecified atom stereocenters. The minimum atomic E-state index is 0.0755. The second-order valence-corrected chi connectivity index (χ2v) is 7.32. The molecule has 1 aliphatic heterocycles. The first-order chi connectivity index (χ1) is 12.1. The number of nitrogens with one attached hydrogen (secondary N) is 1. The lowest BCUT2D eigenvalue weighted by Gasteiger charge is -2.36. The molecule has 1 fully saturated rings. The quantitative estimate of drug-likeness (QED) is 0.888. The number of carbonyl (C=O) groups is 1. The maximum Gasteiger partial charge on any atom is 0.257 e. The van der Waals surface area contributed by atoms with Crippen molar-refractivity contribution >= 4 is 5.91 Å². The van der Waals surface area contributed by atoms with Gasteiger partial charge in [0.2, 0.25) is 0 Å². The molecule has 1 atom stereocenters. The van der Waals surface area contributed by atoms with Crippen LogP contribution in [0.4, 0.5) is 0 Å². The molecule has 1 aromatic heterocycles. The SMILES string of the molecule is Cc1ccccc1[C@H](NC1CCN(C(=O)c2ccoc2)CC1)C(C)C. The van der Waals surface area contributed by atoms with E-state index in [4.69, 9.17) is 4.42 Å². The minimum Gasteiger partial charge on any atom is -0.472 e. The molecule has 2 aromatic rings. The van der Waals surface area contributed by atoms with Gasteiger partial charge in [-0.15, -0.1) is 0 Å². The van der Waals surface area contributed by atoms with Gasteiger partial charge >= 0.3 is 0 Å². The van der Waals surface area contributed by atoms with E-state index in [2.05, 4.69) is 50.4 Å². The number of nitrogens with zero attached hydrogens (tertiary/aromatic N) is 1. The van der Waals surface area contributed by atoms with Crippen LogP contribution in [-0.2, 0) is 0 Å². The zero-order valence-electron chi connectivity index (χ0n) is 15.4. The van der Waals surface area contributed by atoms with E-state index in [0.717, 1.165) is 25.9 Å². The Morgan fingerprint density at radius 1 is 1.20 bits per heavy atom. The molecule has 134 valence electrons. The van der Waals surface area contributed by atoms with E-state index in [0.29, 0.717) is 23.6 Å². The number of furan rings is 1. The molecule has 3 rings (SSSR count). The van der Waals surface area contributed by atoms with Gasteiger partial charge in [0.15, 0.2) is 0 Å². The van der Waals surface area contributed by atoms with Crippen molar-refractivity contribution in [3.63, 3.8) is 0 Å². The first-order valence-corrected chi connectivity index (χ1v) is 9.19. The van der Waals surface area contributed by atoms with Crippen LogP contribution in [0.2, 0.25) is 0 Å². The zero-order valence-corrected chi connectivity index (χ0v) is 15.4. The van der Waals surface area contributed by atoms with Crippen molar-refractivity contribution in [2.45, 2.75) is 45.7 Å². The molecule has 1 aromatic carbocycles. The van der Waals surface area contributed by atoms with Crippen molar-refractivity contribution in [1.29, 1.82) is 0 Å². The molecule has 1 aliphatic rings. The Labute approximate surface area is 150 Å². The van der Waals surface area contributed by atoms with Gasteiger partial charge in [-0.25, -0.2) is 0 Å². The van der Waals surface area contributed by atoms with Crippen LogP contribution in [0.3, 0.4) is 0 Å². The molecule has 0 saturated carbocycles. The van der Waals surface area contributed by atoms with E-state index in [-0.39, 0.29) is 5.91 Å². The summed E-state index contributed by atoms with van der Waals surface area (Å²) >= 11 is 0. The summed E-state index contributed by atoms with van der Waals surface area (Å²) in [5.74, 6) is 0.596. The highest BCUT2D eigenvalue weighted by molar-refractivity contribution is 5.93. The first kappa shape index (κ1) is 17.7. The molecule has 0 spiro atoms. The van der Waals surface area contributed by atoms with Crippen molar-refractivity contribution in [2.24, 2.45) is 5.92 Å². The van der Waals surface area contributed by atoms with E-state index in [1.54, 1.807) is 12.3 Å². The van der Waals surface area contributed by atoms with Crippen molar-refractivity contribution in [2.75, 3.05) is 13.1 Å². The molecular formula is C21H28N2O2. The fraction of sp³-hybridized carbons (Fsp3) is 0.476. The third-order valence-electron chi connectivity index (χ3n) is 5.16. The number of rotatable bonds is 5. The molecule has 1 saturated heterocycles. The highest BCUT2D eigenvalue weighted by atomic mass is 16.3. The minimum absolute atomic E-state index is 0.0755. The van der Waals surface area contributed by atoms with Crippen molar-refractivity contribution < 1.29 is 9.21 Å². The highest BCUT2D eigenvalue weighted by Crippen LogP contribution is 2.27. The topological polar surface area (TPSA) is 45.5 Å². The molecule has 4 heteroatoms. The van der Waals surface area contributed by atoms with Crippen LogP contribution in [0.5, 0.6) is 0 Å². The Morgan fingerprint density at radius 2 is 1.92 bits per heavy atom. The van der Waals surface area contributed by atoms with Crippen LogP contribution < -0.4 is 5.32 Å². The molecule has 1 amide bonds. The van der Waals surface area contributed by atoms with Gasteiger partial charge in [0, 0.05) is 25.2 Å². The lowest BCUT2D eigenvalue weighted by Crippen LogP contribution is -2.46. The van der Waals surface area contributed by atoms with E-state index in [1.165, 1.54) is 17.4 Å². The highest BCUT2D eigenvalue weighted by Gasteiger charge is 2.27. The lowest BCUT2D eigenvalue weighted by molar-refractivity contribution is 0.0698. The van der Waals surface area contributed by atoms with Gasteiger partial charge in [0.05, 0.1) is 11.8 Å². The number of benzene rings is 1. The van der Waals surface area contributed by atoms with Crippen molar-refractivity contribution in [1.82, 2.24) is 10.2 Å². The Bertz CT molecular complexity index is 686. The smallest absolute Gasteiger partial charge is 0.257 e. The van der Waals surface area contributed by atoms with E-state index < -0.39 is 0 Å².